The van der Waals surface area contributed by atoms with Gasteiger partial charge in [0.2, 0.25) is 0 Å². The molecule has 0 saturated carbocycles. The molecular weight excluding hydrogens is 243 g/mol. The van der Waals surface area contributed by atoms with E-state index in [2.05, 4.69) is 4.98 Å². The van der Waals surface area contributed by atoms with E-state index < -0.39 is 0 Å². The van der Waals surface area contributed by atoms with Crippen LogP contribution < -0.4 is 5.69 Å². The van der Waals surface area contributed by atoms with Crippen molar-refractivity contribution in [1.82, 2.24) is 9.55 Å². The number of aromatic amines is 1. The summed E-state index contributed by atoms with van der Waals surface area (Å²) in [5.41, 5.74) is 1.38. The number of aromatic nitrogens is 2. The molecule has 0 fully saturated rings. The summed E-state index contributed by atoms with van der Waals surface area (Å²) in [6, 6.07) is 6.04. The number of benzene rings is 1. The van der Waals surface area contributed by atoms with Crippen molar-refractivity contribution in [3.8, 4) is 11.3 Å². The van der Waals surface area contributed by atoms with E-state index in [0.29, 0.717) is 18.8 Å². The molecule has 0 aliphatic rings. The molecule has 5 heteroatoms. The number of nitrogens with zero attached hydrogens (tertiary/aromatic N) is 1. The van der Waals surface area contributed by atoms with E-state index in [-0.39, 0.29) is 11.5 Å². The van der Waals surface area contributed by atoms with Gasteiger partial charge < -0.3 is 4.98 Å². The molecule has 1 aromatic carbocycles. The number of imidazole rings is 1. The maximum atomic E-state index is 12.8. The van der Waals surface area contributed by atoms with Gasteiger partial charge in [-0.1, -0.05) is 0 Å². The van der Waals surface area contributed by atoms with E-state index in [1.54, 1.807) is 22.9 Å². The molecule has 0 atom stereocenters. The Morgan fingerprint density at radius 2 is 2.00 bits per heavy atom. The highest BCUT2D eigenvalue weighted by atomic mass is 35.5. The van der Waals surface area contributed by atoms with E-state index in [1.165, 1.54) is 12.1 Å². The van der Waals surface area contributed by atoms with Crippen molar-refractivity contribution in [2.75, 3.05) is 5.88 Å². The first-order valence-electron chi connectivity index (χ1n) is 5.32. The molecule has 1 aromatic heterocycles. The Balaban J connectivity index is 2.38. The van der Waals surface area contributed by atoms with Gasteiger partial charge in [0, 0.05) is 18.6 Å². The fourth-order valence-corrected chi connectivity index (χ4v) is 1.81. The second-order valence-corrected chi connectivity index (χ2v) is 4.06. The SMILES string of the molecule is O=c1[nH]cc(-c2ccc(F)cc2)n1CCCCl. The van der Waals surface area contributed by atoms with Crippen molar-refractivity contribution in [2.45, 2.75) is 13.0 Å². The predicted octanol–water partition coefficient (Wildman–Crippen LogP) is 2.61. The van der Waals surface area contributed by atoms with Crippen LogP contribution in [0.15, 0.2) is 35.3 Å². The van der Waals surface area contributed by atoms with E-state index in [4.69, 9.17) is 11.6 Å². The van der Waals surface area contributed by atoms with E-state index in [1.807, 2.05) is 0 Å². The number of alkyl halides is 1. The summed E-state index contributed by atoms with van der Waals surface area (Å²) in [7, 11) is 0. The highest BCUT2D eigenvalue weighted by molar-refractivity contribution is 6.17. The lowest BCUT2D eigenvalue weighted by Gasteiger charge is -2.06. The minimum absolute atomic E-state index is 0.172. The zero-order chi connectivity index (χ0) is 12.3. The first-order chi connectivity index (χ1) is 8.22. The van der Waals surface area contributed by atoms with Gasteiger partial charge in [-0.3, -0.25) is 4.57 Å². The Kier molecular flexibility index (Phi) is 3.64. The summed E-state index contributed by atoms with van der Waals surface area (Å²) < 4.78 is 14.4. The normalized spacial score (nSPS) is 10.7. The number of hydrogen-bond acceptors (Lipinski definition) is 1. The standard InChI is InChI=1S/C12H12ClFN2O/c13-6-1-7-16-11(8-15-12(16)17)9-2-4-10(14)5-3-9/h2-5,8H,1,6-7H2,(H,15,17). The highest BCUT2D eigenvalue weighted by Gasteiger charge is 2.07. The molecule has 0 aliphatic heterocycles. The fraction of sp³-hybridized carbons (Fsp3) is 0.250. The Hall–Kier alpha value is -1.55. The summed E-state index contributed by atoms with van der Waals surface area (Å²) in [6.07, 6.45) is 2.34. The molecule has 90 valence electrons. The van der Waals surface area contributed by atoms with Crippen LogP contribution >= 0.6 is 11.6 Å². The van der Waals surface area contributed by atoms with Gasteiger partial charge in [0.25, 0.3) is 0 Å². The van der Waals surface area contributed by atoms with Crippen LogP contribution in [0.3, 0.4) is 0 Å². The van der Waals surface area contributed by atoms with Crippen LogP contribution in [0, 0.1) is 5.82 Å². The first-order valence-corrected chi connectivity index (χ1v) is 5.86. The number of nitrogens with one attached hydrogen (secondary N) is 1. The lowest BCUT2D eigenvalue weighted by molar-refractivity contribution is 0.627. The van der Waals surface area contributed by atoms with Crippen LogP contribution in [0.2, 0.25) is 0 Å². The first kappa shape index (κ1) is 11.9. The van der Waals surface area contributed by atoms with Crippen LogP contribution in [0.4, 0.5) is 4.39 Å². The van der Waals surface area contributed by atoms with Crippen LogP contribution in [-0.4, -0.2) is 15.4 Å². The number of H-pyrrole nitrogens is 1. The molecule has 0 spiro atoms. The van der Waals surface area contributed by atoms with E-state index in [0.717, 1.165) is 11.3 Å². The van der Waals surface area contributed by atoms with Crippen LogP contribution in [0.1, 0.15) is 6.42 Å². The van der Waals surface area contributed by atoms with Crippen molar-refractivity contribution in [3.63, 3.8) is 0 Å². The Labute approximate surface area is 103 Å². The smallest absolute Gasteiger partial charge is 0.312 e. The summed E-state index contributed by atoms with van der Waals surface area (Å²) in [5.74, 6) is 0.208. The Morgan fingerprint density at radius 3 is 2.65 bits per heavy atom. The number of rotatable bonds is 4. The topological polar surface area (TPSA) is 37.8 Å². The maximum absolute atomic E-state index is 12.8. The van der Waals surface area contributed by atoms with Crippen molar-refractivity contribution in [2.24, 2.45) is 0 Å². The van der Waals surface area contributed by atoms with Crippen molar-refractivity contribution in [3.05, 3.63) is 46.8 Å². The predicted molar refractivity (Wildman–Crippen MR) is 65.8 cm³/mol. The second-order valence-electron chi connectivity index (χ2n) is 3.68. The third-order valence-corrected chi connectivity index (χ3v) is 2.79. The second kappa shape index (κ2) is 5.19. The molecular formula is C12H12ClFN2O. The van der Waals surface area contributed by atoms with Gasteiger partial charge in [-0.25, -0.2) is 9.18 Å². The molecule has 0 amide bonds. The number of hydrogen-bond donors (Lipinski definition) is 1. The largest absolute Gasteiger partial charge is 0.325 e. The average Bonchev–Trinajstić information content (AvgIpc) is 2.69. The van der Waals surface area contributed by atoms with Gasteiger partial charge >= 0.3 is 5.69 Å². The zero-order valence-electron chi connectivity index (χ0n) is 9.12. The summed E-state index contributed by atoms with van der Waals surface area (Å²) in [6.45, 7) is 0.554. The summed E-state index contributed by atoms with van der Waals surface area (Å²) >= 11 is 5.61. The minimum Gasteiger partial charge on any atom is -0.312 e. The van der Waals surface area contributed by atoms with Gasteiger partial charge in [-0.15, -0.1) is 11.6 Å². The quantitative estimate of drug-likeness (QED) is 0.837. The Morgan fingerprint density at radius 1 is 1.29 bits per heavy atom. The fourth-order valence-electron chi connectivity index (χ4n) is 1.70. The third-order valence-electron chi connectivity index (χ3n) is 2.52. The number of halogens is 2. The molecule has 0 aliphatic carbocycles. The lowest BCUT2D eigenvalue weighted by Crippen LogP contribution is -2.18. The molecule has 17 heavy (non-hydrogen) atoms. The molecule has 1 heterocycles. The van der Waals surface area contributed by atoms with E-state index >= 15 is 0 Å². The van der Waals surface area contributed by atoms with Crippen molar-refractivity contribution in [1.29, 1.82) is 0 Å². The van der Waals surface area contributed by atoms with Gasteiger partial charge in [-0.2, -0.15) is 0 Å². The Bertz CT molecular complexity index is 544. The molecule has 3 nitrogen and oxygen atoms in total. The van der Waals surface area contributed by atoms with Gasteiger partial charge in [0.15, 0.2) is 0 Å². The maximum Gasteiger partial charge on any atom is 0.325 e. The highest BCUT2D eigenvalue weighted by Crippen LogP contribution is 2.18. The minimum atomic E-state index is -0.293. The van der Waals surface area contributed by atoms with Crippen LogP contribution in [0.25, 0.3) is 11.3 Å². The molecule has 0 unspecified atom stereocenters. The monoisotopic (exact) mass is 254 g/mol. The van der Waals surface area contributed by atoms with Crippen LogP contribution in [0.5, 0.6) is 0 Å². The summed E-state index contributed by atoms with van der Waals surface area (Å²) in [4.78, 5) is 14.2. The molecule has 0 radical (unpaired) electrons. The molecule has 2 rings (SSSR count). The zero-order valence-corrected chi connectivity index (χ0v) is 9.88. The van der Waals surface area contributed by atoms with Gasteiger partial charge in [-0.05, 0) is 36.2 Å². The van der Waals surface area contributed by atoms with Gasteiger partial charge in [0.1, 0.15) is 5.82 Å². The molecule has 2 aromatic rings. The third kappa shape index (κ3) is 2.58. The van der Waals surface area contributed by atoms with Gasteiger partial charge in [0.05, 0.1) is 5.69 Å². The molecule has 0 saturated heterocycles. The van der Waals surface area contributed by atoms with E-state index in [9.17, 15) is 9.18 Å². The van der Waals surface area contributed by atoms with Crippen molar-refractivity contribution >= 4 is 11.6 Å². The summed E-state index contributed by atoms with van der Waals surface area (Å²) in [5, 5.41) is 0. The average molecular weight is 255 g/mol. The van der Waals surface area contributed by atoms with Crippen LogP contribution in [-0.2, 0) is 6.54 Å². The lowest BCUT2D eigenvalue weighted by atomic mass is 10.1. The molecule has 0 bridgehead atoms. The molecule has 1 N–H and O–H groups in total. The van der Waals surface area contributed by atoms with Crippen molar-refractivity contribution < 1.29 is 4.39 Å².